The SMILES string of the molecule is CNc1cc(N2CCC[C@@](O)(CNC(=O)c3ccc(CN4CCC(C)(C)CC4)cc3)C2)ncn1. The molecule has 0 spiro atoms. The summed E-state index contributed by atoms with van der Waals surface area (Å²) in [5.74, 6) is 1.35. The van der Waals surface area contributed by atoms with Gasteiger partial charge in [-0.15, -0.1) is 0 Å². The minimum Gasteiger partial charge on any atom is -0.386 e. The molecule has 8 nitrogen and oxygen atoms in total. The Bertz CT molecular complexity index is 970. The van der Waals surface area contributed by atoms with Gasteiger partial charge in [0.1, 0.15) is 18.0 Å². The molecule has 1 atom stereocenters. The Morgan fingerprint density at radius 2 is 1.82 bits per heavy atom. The third-order valence-electron chi connectivity index (χ3n) is 7.20. The van der Waals surface area contributed by atoms with Crippen molar-refractivity contribution in [1.29, 1.82) is 0 Å². The zero-order chi connectivity index (χ0) is 24.2. The Labute approximate surface area is 202 Å². The number of nitrogens with zero attached hydrogens (tertiary/aromatic N) is 4. The second-order valence-corrected chi connectivity index (χ2v) is 10.6. The van der Waals surface area contributed by atoms with Crippen molar-refractivity contribution in [1.82, 2.24) is 20.2 Å². The molecule has 3 heterocycles. The van der Waals surface area contributed by atoms with Crippen molar-refractivity contribution in [3.8, 4) is 0 Å². The van der Waals surface area contributed by atoms with Crippen LogP contribution in [0.1, 0.15) is 55.5 Å². The van der Waals surface area contributed by atoms with Gasteiger partial charge in [-0.1, -0.05) is 26.0 Å². The maximum atomic E-state index is 12.8. The normalized spacial score (nSPS) is 22.9. The first kappa shape index (κ1) is 24.4. The molecule has 1 aromatic carbocycles. The number of aromatic nitrogens is 2. The Morgan fingerprint density at radius 1 is 1.09 bits per heavy atom. The molecule has 184 valence electrons. The lowest BCUT2D eigenvalue weighted by Gasteiger charge is -2.39. The van der Waals surface area contributed by atoms with Gasteiger partial charge in [0.25, 0.3) is 5.91 Å². The highest BCUT2D eigenvalue weighted by Gasteiger charge is 2.34. The van der Waals surface area contributed by atoms with E-state index in [0.717, 1.165) is 44.2 Å². The molecule has 0 bridgehead atoms. The molecule has 0 aliphatic carbocycles. The Balaban J connectivity index is 1.29. The van der Waals surface area contributed by atoms with Gasteiger partial charge in [-0.25, -0.2) is 9.97 Å². The molecule has 2 aliphatic heterocycles. The van der Waals surface area contributed by atoms with E-state index in [9.17, 15) is 9.90 Å². The van der Waals surface area contributed by atoms with E-state index in [2.05, 4.69) is 44.2 Å². The lowest BCUT2D eigenvalue weighted by atomic mass is 9.82. The molecule has 4 rings (SSSR count). The van der Waals surface area contributed by atoms with Crippen LogP contribution in [0.2, 0.25) is 0 Å². The molecular weight excluding hydrogens is 428 g/mol. The largest absolute Gasteiger partial charge is 0.386 e. The highest BCUT2D eigenvalue weighted by Crippen LogP contribution is 2.30. The first-order chi connectivity index (χ1) is 16.3. The molecule has 1 amide bonds. The van der Waals surface area contributed by atoms with Gasteiger partial charge in [0.05, 0.1) is 5.60 Å². The van der Waals surface area contributed by atoms with Gasteiger partial charge >= 0.3 is 0 Å². The predicted octanol–water partition coefficient (Wildman–Crippen LogP) is 2.90. The van der Waals surface area contributed by atoms with Crippen LogP contribution in [0.4, 0.5) is 11.6 Å². The highest BCUT2D eigenvalue weighted by atomic mass is 16.3. The van der Waals surface area contributed by atoms with Crippen LogP contribution in [0.15, 0.2) is 36.7 Å². The lowest BCUT2D eigenvalue weighted by molar-refractivity contribution is 0.0254. The van der Waals surface area contributed by atoms with E-state index < -0.39 is 5.60 Å². The summed E-state index contributed by atoms with van der Waals surface area (Å²) >= 11 is 0. The number of hydrogen-bond donors (Lipinski definition) is 3. The van der Waals surface area contributed by atoms with Crippen LogP contribution in [0, 0.1) is 5.41 Å². The zero-order valence-corrected chi connectivity index (χ0v) is 20.7. The Hall–Kier alpha value is -2.71. The second-order valence-electron chi connectivity index (χ2n) is 10.6. The molecule has 3 N–H and O–H groups in total. The van der Waals surface area contributed by atoms with Gasteiger partial charge in [-0.05, 0) is 61.9 Å². The molecule has 0 saturated carbocycles. The van der Waals surface area contributed by atoms with E-state index in [0.29, 0.717) is 23.9 Å². The summed E-state index contributed by atoms with van der Waals surface area (Å²) in [7, 11) is 1.81. The molecule has 2 aliphatic rings. The quantitative estimate of drug-likeness (QED) is 0.578. The predicted molar refractivity (Wildman–Crippen MR) is 135 cm³/mol. The summed E-state index contributed by atoms with van der Waals surface area (Å²) in [4.78, 5) is 25.8. The maximum Gasteiger partial charge on any atom is 0.251 e. The average Bonchev–Trinajstić information content (AvgIpc) is 2.84. The number of likely N-dealkylation sites (tertiary alicyclic amines) is 1. The minimum atomic E-state index is -0.999. The number of aliphatic hydroxyl groups is 1. The third-order valence-corrected chi connectivity index (χ3v) is 7.20. The number of hydrogen-bond acceptors (Lipinski definition) is 7. The standard InChI is InChI=1S/C26H38N6O2/c1-25(2)10-13-31(14-11-25)16-20-5-7-21(8-6-20)24(33)28-17-26(34)9-4-12-32(18-26)23-15-22(27-3)29-19-30-23/h5-8,15,19,34H,4,9-14,16-18H2,1-3H3,(H,28,33)(H,27,29,30)/t26-/m1/s1. The molecule has 2 aromatic rings. The highest BCUT2D eigenvalue weighted by molar-refractivity contribution is 5.94. The number of carbonyl (C=O) groups is 1. The summed E-state index contributed by atoms with van der Waals surface area (Å²) in [6.07, 6.45) is 5.43. The van der Waals surface area contributed by atoms with E-state index >= 15 is 0 Å². The van der Waals surface area contributed by atoms with Gasteiger partial charge < -0.3 is 20.6 Å². The van der Waals surface area contributed by atoms with E-state index in [-0.39, 0.29) is 12.5 Å². The molecule has 2 saturated heterocycles. The van der Waals surface area contributed by atoms with Crippen molar-refractivity contribution >= 4 is 17.5 Å². The summed E-state index contributed by atoms with van der Waals surface area (Å²) in [5.41, 5.74) is 1.29. The lowest BCUT2D eigenvalue weighted by Crippen LogP contribution is -2.54. The van der Waals surface area contributed by atoms with Crippen LogP contribution in [0.25, 0.3) is 0 Å². The van der Waals surface area contributed by atoms with Crippen LogP contribution in [0.5, 0.6) is 0 Å². The van der Waals surface area contributed by atoms with Crippen molar-refractivity contribution < 1.29 is 9.90 Å². The van der Waals surface area contributed by atoms with Gasteiger partial charge in [0.15, 0.2) is 0 Å². The topological polar surface area (TPSA) is 93.6 Å². The second kappa shape index (κ2) is 10.3. The summed E-state index contributed by atoms with van der Waals surface area (Å²) < 4.78 is 0. The average molecular weight is 467 g/mol. The van der Waals surface area contributed by atoms with Crippen molar-refractivity contribution in [2.75, 3.05) is 50.0 Å². The van der Waals surface area contributed by atoms with Crippen molar-refractivity contribution in [3.63, 3.8) is 0 Å². The fourth-order valence-electron chi connectivity index (χ4n) is 4.79. The van der Waals surface area contributed by atoms with Gasteiger partial charge in [-0.2, -0.15) is 0 Å². The number of carbonyl (C=O) groups excluding carboxylic acids is 1. The van der Waals surface area contributed by atoms with Gasteiger partial charge in [-0.3, -0.25) is 9.69 Å². The van der Waals surface area contributed by atoms with Crippen molar-refractivity contribution in [2.45, 2.75) is 51.7 Å². The maximum absolute atomic E-state index is 12.8. The molecule has 1 aromatic heterocycles. The molecular formula is C26H38N6O2. The van der Waals surface area contributed by atoms with E-state index in [4.69, 9.17) is 0 Å². The van der Waals surface area contributed by atoms with E-state index in [1.807, 2.05) is 37.4 Å². The number of amides is 1. The van der Waals surface area contributed by atoms with Gasteiger partial charge in [0.2, 0.25) is 0 Å². The number of β-amino-alcohol motifs (C(OH)–C–C–N with tert-alkyl or cyclic N) is 1. The number of nitrogens with one attached hydrogen (secondary N) is 2. The molecule has 0 radical (unpaired) electrons. The smallest absolute Gasteiger partial charge is 0.251 e. The molecule has 8 heteroatoms. The number of piperidine rings is 2. The van der Waals surface area contributed by atoms with Gasteiger partial charge in [0, 0.05) is 44.9 Å². The first-order valence-electron chi connectivity index (χ1n) is 12.3. The number of anilines is 2. The first-order valence-corrected chi connectivity index (χ1v) is 12.3. The molecule has 0 unspecified atom stereocenters. The fraction of sp³-hybridized carbons (Fsp3) is 0.577. The Morgan fingerprint density at radius 3 is 2.53 bits per heavy atom. The fourth-order valence-corrected chi connectivity index (χ4v) is 4.79. The minimum absolute atomic E-state index is 0.156. The number of benzene rings is 1. The van der Waals surface area contributed by atoms with Crippen molar-refractivity contribution in [2.24, 2.45) is 5.41 Å². The monoisotopic (exact) mass is 466 g/mol. The summed E-state index contributed by atoms with van der Waals surface area (Å²) in [5, 5.41) is 17.1. The van der Waals surface area contributed by atoms with Crippen LogP contribution in [-0.4, -0.2) is 71.3 Å². The van der Waals surface area contributed by atoms with Crippen LogP contribution < -0.4 is 15.5 Å². The Kier molecular flexibility index (Phi) is 7.38. The van der Waals surface area contributed by atoms with Crippen LogP contribution in [0.3, 0.4) is 0 Å². The van der Waals surface area contributed by atoms with Crippen molar-refractivity contribution in [3.05, 3.63) is 47.8 Å². The van der Waals surface area contributed by atoms with Crippen LogP contribution in [-0.2, 0) is 6.54 Å². The summed E-state index contributed by atoms with van der Waals surface area (Å²) in [6.45, 7) is 9.28. The van der Waals surface area contributed by atoms with Crippen LogP contribution >= 0.6 is 0 Å². The zero-order valence-electron chi connectivity index (χ0n) is 20.7. The van der Waals surface area contributed by atoms with E-state index in [1.54, 1.807) is 0 Å². The van der Waals surface area contributed by atoms with E-state index in [1.165, 1.54) is 24.7 Å². The summed E-state index contributed by atoms with van der Waals surface area (Å²) in [6, 6.07) is 9.73. The number of rotatable bonds is 7. The molecule has 34 heavy (non-hydrogen) atoms. The molecule has 2 fully saturated rings. The third kappa shape index (κ3) is 6.24.